The number of aromatic nitrogens is 1. The fraction of sp³-hybridized carbons (Fsp3) is 0.522. The van der Waals surface area contributed by atoms with Crippen LogP contribution in [0.2, 0.25) is 0 Å². The van der Waals surface area contributed by atoms with Crippen LogP contribution in [-0.2, 0) is 15.3 Å². The Hall–Kier alpha value is -2.36. The Morgan fingerprint density at radius 2 is 1.94 bits per heavy atom. The van der Waals surface area contributed by atoms with E-state index in [1.54, 1.807) is 18.9 Å². The summed E-state index contributed by atoms with van der Waals surface area (Å²) < 4.78 is 10.2. The fourth-order valence-electron chi connectivity index (χ4n) is 3.61. The summed E-state index contributed by atoms with van der Waals surface area (Å²) in [6, 6.07) is 7.73. The summed E-state index contributed by atoms with van der Waals surface area (Å²) in [5.74, 6) is 1.58. The average Bonchev–Trinajstić information content (AvgIpc) is 3.12. The molecule has 1 aromatic carbocycles. The first-order valence-electron chi connectivity index (χ1n) is 10.9. The second kappa shape index (κ2) is 12.0. The molecule has 1 fully saturated rings. The molecule has 1 aliphatic rings. The van der Waals surface area contributed by atoms with E-state index >= 15 is 0 Å². The molecule has 32 heavy (non-hydrogen) atoms. The summed E-state index contributed by atoms with van der Waals surface area (Å²) >= 11 is 1.63. The highest BCUT2D eigenvalue weighted by Gasteiger charge is 2.25. The Balaban J connectivity index is 1.51. The first kappa shape index (κ1) is 24.3. The van der Waals surface area contributed by atoms with E-state index in [0.29, 0.717) is 57.2 Å². The number of amides is 2. The first-order chi connectivity index (χ1) is 15.5. The minimum Gasteiger partial charge on any atom is -0.385 e. The normalized spacial score (nSPS) is 14.5. The maximum atomic E-state index is 13.2. The molecule has 0 unspecified atom stereocenters. The van der Waals surface area contributed by atoms with Crippen LogP contribution in [0.25, 0.3) is 0 Å². The molecule has 0 spiro atoms. The molecule has 2 amide bonds. The van der Waals surface area contributed by atoms with Crippen molar-refractivity contribution in [2.45, 2.75) is 30.9 Å². The molecule has 0 aliphatic carbocycles. The molecular formula is C23H32N4O4S. The van der Waals surface area contributed by atoms with E-state index in [0.717, 1.165) is 28.3 Å². The monoisotopic (exact) mass is 460 g/mol. The highest BCUT2D eigenvalue weighted by Crippen LogP contribution is 2.29. The van der Waals surface area contributed by atoms with Crippen LogP contribution in [0.1, 0.15) is 33.8 Å². The SMILES string of the molecule is COCCCNC(=O)CN1CCN(C(=O)c2ccccc2SCc2c(C)noc2C)CC1. The molecule has 1 saturated heterocycles. The van der Waals surface area contributed by atoms with Crippen LogP contribution in [0.3, 0.4) is 0 Å². The molecule has 1 N–H and O–H groups in total. The van der Waals surface area contributed by atoms with Gasteiger partial charge in [0.15, 0.2) is 0 Å². The number of benzene rings is 1. The Morgan fingerprint density at radius 1 is 1.19 bits per heavy atom. The number of piperazine rings is 1. The second-order valence-electron chi connectivity index (χ2n) is 7.85. The van der Waals surface area contributed by atoms with E-state index in [1.165, 1.54) is 0 Å². The number of thioether (sulfide) groups is 1. The van der Waals surface area contributed by atoms with Gasteiger partial charge in [0.25, 0.3) is 5.91 Å². The third kappa shape index (κ3) is 6.57. The van der Waals surface area contributed by atoms with E-state index < -0.39 is 0 Å². The molecule has 0 atom stereocenters. The zero-order valence-electron chi connectivity index (χ0n) is 19.1. The minimum absolute atomic E-state index is 0.0157. The summed E-state index contributed by atoms with van der Waals surface area (Å²) in [5, 5.41) is 6.92. The predicted octanol–water partition coefficient (Wildman–Crippen LogP) is 2.49. The number of nitrogens with one attached hydrogen (secondary N) is 1. The number of aryl methyl sites for hydroxylation is 2. The fourth-order valence-corrected chi connectivity index (χ4v) is 4.81. The number of carbonyl (C=O) groups is 2. The largest absolute Gasteiger partial charge is 0.385 e. The van der Waals surface area contributed by atoms with Gasteiger partial charge in [-0.2, -0.15) is 0 Å². The lowest BCUT2D eigenvalue weighted by Gasteiger charge is -2.34. The molecule has 2 aromatic rings. The third-order valence-electron chi connectivity index (χ3n) is 5.54. The number of hydrogen-bond acceptors (Lipinski definition) is 7. The Kier molecular flexibility index (Phi) is 9.13. The van der Waals surface area contributed by atoms with Crippen LogP contribution in [0.15, 0.2) is 33.7 Å². The minimum atomic E-state index is 0.0157. The van der Waals surface area contributed by atoms with Crippen molar-refractivity contribution < 1.29 is 18.8 Å². The standard InChI is InChI=1S/C23H32N4O4S/c1-17-20(18(2)31-25-17)16-32-21-8-5-4-7-19(21)23(29)27-12-10-26(11-13-27)15-22(28)24-9-6-14-30-3/h4-5,7-8H,6,9-16H2,1-3H3,(H,24,28). The molecule has 0 bridgehead atoms. The quantitative estimate of drug-likeness (QED) is 0.430. The summed E-state index contributed by atoms with van der Waals surface area (Å²) in [5.41, 5.74) is 2.68. The van der Waals surface area contributed by atoms with Crippen LogP contribution in [0, 0.1) is 13.8 Å². The van der Waals surface area contributed by atoms with Crippen LogP contribution in [-0.4, -0.2) is 79.8 Å². The maximum Gasteiger partial charge on any atom is 0.255 e. The smallest absolute Gasteiger partial charge is 0.255 e. The van der Waals surface area contributed by atoms with Gasteiger partial charge in [0, 0.05) is 62.7 Å². The van der Waals surface area contributed by atoms with Crippen molar-refractivity contribution in [3.63, 3.8) is 0 Å². The molecular weight excluding hydrogens is 428 g/mol. The van der Waals surface area contributed by atoms with Gasteiger partial charge in [-0.25, -0.2) is 0 Å². The van der Waals surface area contributed by atoms with Gasteiger partial charge in [0.1, 0.15) is 5.76 Å². The van der Waals surface area contributed by atoms with E-state index in [1.807, 2.05) is 43.0 Å². The lowest BCUT2D eigenvalue weighted by atomic mass is 10.2. The van der Waals surface area contributed by atoms with Crippen molar-refractivity contribution >= 4 is 23.6 Å². The van der Waals surface area contributed by atoms with Gasteiger partial charge in [0.05, 0.1) is 17.8 Å². The number of carbonyl (C=O) groups excluding carboxylic acids is 2. The van der Waals surface area contributed by atoms with Crippen molar-refractivity contribution in [1.29, 1.82) is 0 Å². The number of nitrogens with zero attached hydrogens (tertiary/aromatic N) is 3. The number of rotatable bonds is 10. The molecule has 174 valence electrons. The second-order valence-corrected chi connectivity index (χ2v) is 8.87. The summed E-state index contributed by atoms with van der Waals surface area (Å²) in [7, 11) is 1.65. The topological polar surface area (TPSA) is 87.9 Å². The van der Waals surface area contributed by atoms with E-state index in [9.17, 15) is 9.59 Å². The molecule has 0 radical (unpaired) electrons. The van der Waals surface area contributed by atoms with Gasteiger partial charge in [-0.3, -0.25) is 14.5 Å². The van der Waals surface area contributed by atoms with Gasteiger partial charge < -0.3 is 19.5 Å². The zero-order valence-corrected chi connectivity index (χ0v) is 19.9. The lowest BCUT2D eigenvalue weighted by Crippen LogP contribution is -2.51. The summed E-state index contributed by atoms with van der Waals surface area (Å²) in [4.78, 5) is 30.2. The maximum absolute atomic E-state index is 13.2. The highest BCUT2D eigenvalue weighted by atomic mass is 32.2. The van der Waals surface area contributed by atoms with Gasteiger partial charge >= 0.3 is 0 Å². The van der Waals surface area contributed by atoms with Crippen molar-refractivity contribution in [3.8, 4) is 0 Å². The van der Waals surface area contributed by atoms with E-state index in [2.05, 4.69) is 15.4 Å². The number of hydrogen-bond donors (Lipinski definition) is 1. The predicted molar refractivity (Wildman–Crippen MR) is 124 cm³/mol. The van der Waals surface area contributed by atoms with Crippen molar-refractivity contribution in [2.75, 3.05) is 53.0 Å². The molecule has 1 aliphatic heterocycles. The van der Waals surface area contributed by atoms with Gasteiger partial charge in [-0.15, -0.1) is 11.8 Å². The van der Waals surface area contributed by atoms with Crippen LogP contribution in [0.5, 0.6) is 0 Å². The van der Waals surface area contributed by atoms with Gasteiger partial charge in [-0.1, -0.05) is 17.3 Å². The molecule has 3 rings (SSSR count). The van der Waals surface area contributed by atoms with Crippen LogP contribution < -0.4 is 5.32 Å². The van der Waals surface area contributed by atoms with Gasteiger partial charge in [-0.05, 0) is 32.4 Å². The van der Waals surface area contributed by atoms with Crippen molar-refractivity contribution in [1.82, 2.24) is 20.3 Å². The summed E-state index contributed by atoms with van der Waals surface area (Å²) in [6.07, 6.45) is 0.804. The average molecular weight is 461 g/mol. The Morgan fingerprint density at radius 3 is 2.62 bits per heavy atom. The molecule has 0 saturated carbocycles. The number of methoxy groups -OCH3 is 1. The van der Waals surface area contributed by atoms with Crippen molar-refractivity contribution in [3.05, 3.63) is 46.8 Å². The van der Waals surface area contributed by atoms with Crippen LogP contribution in [0.4, 0.5) is 0 Å². The molecule has 2 heterocycles. The lowest BCUT2D eigenvalue weighted by molar-refractivity contribution is -0.122. The van der Waals surface area contributed by atoms with Gasteiger partial charge in [0.2, 0.25) is 5.91 Å². The summed E-state index contributed by atoms with van der Waals surface area (Å²) in [6.45, 7) is 8.05. The Labute approximate surface area is 193 Å². The van der Waals surface area contributed by atoms with E-state index in [4.69, 9.17) is 9.26 Å². The zero-order chi connectivity index (χ0) is 22.9. The highest BCUT2D eigenvalue weighted by molar-refractivity contribution is 7.98. The number of ether oxygens (including phenoxy) is 1. The first-order valence-corrected chi connectivity index (χ1v) is 11.9. The van der Waals surface area contributed by atoms with E-state index in [-0.39, 0.29) is 11.8 Å². The third-order valence-corrected chi connectivity index (χ3v) is 6.64. The van der Waals surface area contributed by atoms with Crippen LogP contribution >= 0.6 is 11.8 Å². The molecule has 8 nitrogen and oxygen atoms in total. The molecule has 9 heteroatoms. The Bertz CT molecular complexity index is 890. The molecule has 1 aromatic heterocycles. The van der Waals surface area contributed by atoms with Crippen molar-refractivity contribution in [2.24, 2.45) is 0 Å².